The van der Waals surface area contributed by atoms with E-state index in [1.54, 1.807) is 12.1 Å². The zero-order valence-corrected chi connectivity index (χ0v) is 16.0. The molecule has 152 valence electrons. The van der Waals surface area contributed by atoms with Crippen LogP contribution in [0.15, 0.2) is 24.3 Å². The summed E-state index contributed by atoms with van der Waals surface area (Å²) in [6, 6.07) is 5.44. The van der Waals surface area contributed by atoms with Crippen molar-refractivity contribution in [3.8, 4) is 0 Å². The number of halogens is 2. The van der Waals surface area contributed by atoms with E-state index >= 15 is 0 Å². The van der Waals surface area contributed by atoms with Crippen molar-refractivity contribution in [2.24, 2.45) is 11.8 Å². The maximum absolute atomic E-state index is 13.3. The molecule has 1 aromatic carbocycles. The van der Waals surface area contributed by atoms with Crippen molar-refractivity contribution < 1.29 is 23.2 Å². The molecule has 28 heavy (non-hydrogen) atoms. The van der Waals surface area contributed by atoms with E-state index in [4.69, 9.17) is 0 Å². The fraction of sp³-hybridized carbons (Fsp3) is 0.550. The second-order valence-corrected chi connectivity index (χ2v) is 7.77. The van der Waals surface area contributed by atoms with Gasteiger partial charge in [0.15, 0.2) is 0 Å². The first-order chi connectivity index (χ1) is 13.2. The Hall–Kier alpha value is -2.51. The minimum atomic E-state index is -2.90. The van der Waals surface area contributed by atoms with Gasteiger partial charge in [0.25, 0.3) is 11.8 Å². The molecule has 0 unspecified atom stereocenters. The van der Waals surface area contributed by atoms with E-state index in [1.165, 1.54) is 12.1 Å². The number of benzene rings is 1. The first kappa shape index (κ1) is 20.2. The topological polar surface area (TPSA) is 87.3 Å². The average molecular weight is 393 g/mol. The number of hydrogen-bond donors (Lipinski definition) is 3. The molecule has 6 nitrogen and oxygen atoms in total. The van der Waals surface area contributed by atoms with Crippen molar-refractivity contribution in [1.29, 1.82) is 0 Å². The van der Waals surface area contributed by atoms with E-state index in [9.17, 15) is 23.2 Å². The van der Waals surface area contributed by atoms with Gasteiger partial charge in [0.1, 0.15) is 5.54 Å². The molecule has 2 atom stereocenters. The summed E-state index contributed by atoms with van der Waals surface area (Å²) in [5.74, 6) is -3.85. The minimum Gasteiger partial charge on any atom is -0.353 e. The number of carbonyl (C=O) groups is 3. The number of urea groups is 1. The Bertz CT molecular complexity index is 772. The molecule has 2 fully saturated rings. The molecule has 0 bridgehead atoms. The molecule has 1 aliphatic heterocycles. The molecule has 8 heteroatoms. The van der Waals surface area contributed by atoms with Crippen molar-refractivity contribution in [1.82, 2.24) is 16.0 Å². The molecular weight excluding hydrogens is 368 g/mol. The Morgan fingerprint density at radius 2 is 1.93 bits per heavy atom. The molecule has 0 aromatic heterocycles. The second kappa shape index (κ2) is 7.48. The summed E-state index contributed by atoms with van der Waals surface area (Å²) in [4.78, 5) is 36.5. The number of rotatable bonds is 8. The van der Waals surface area contributed by atoms with E-state index in [2.05, 4.69) is 16.0 Å². The van der Waals surface area contributed by atoms with Crippen LogP contribution in [-0.2, 0) is 21.9 Å². The summed E-state index contributed by atoms with van der Waals surface area (Å²) < 4.78 is 26.7. The number of alkyl halides is 2. The van der Waals surface area contributed by atoms with Gasteiger partial charge in [0, 0.05) is 18.4 Å². The van der Waals surface area contributed by atoms with Crippen LogP contribution >= 0.6 is 0 Å². The third-order valence-corrected chi connectivity index (χ3v) is 5.59. The predicted octanol–water partition coefficient (Wildman–Crippen LogP) is 2.47. The van der Waals surface area contributed by atoms with Gasteiger partial charge in [-0.15, -0.1) is 0 Å². The molecule has 0 spiro atoms. The molecule has 3 rings (SSSR count). The largest absolute Gasteiger partial charge is 0.353 e. The second-order valence-electron chi connectivity index (χ2n) is 7.77. The highest BCUT2D eigenvalue weighted by Crippen LogP contribution is 2.41. The van der Waals surface area contributed by atoms with Gasteiger partial charge >= 0.3 is 6.03 Å². The van der Waals surface area contributed by atoms with Crippen LogP contribution in [0.25, 0.3) is 0 Å². The highest BCUT2D eigenvalue weighted by atomic mass is 19.3. The van der Waals surface area contributed by atoms with E-state index < -0.39 is 23.4 Å². The van der Waals surface area contributed by atoms with E-state index in [0.717, 1.165) is 25.3 Å². The van der Waals surface area contributed by atoms with Crippen molar-refractivity contribution >= 4 is 17.8 Å². The lowest BCUT2D eigenvalue weighted by Crippen LogP contribution is -2.57. The lowest BCUT2D eigenvalue weighted by Gasteiger charge is -2.27. The van der Waals surface area contributed by atoms with Gasteiger partial charge in [-0.3, -0.25) is 14.9 Å². The standard InChI is InChI=1S/C20H25F2N3O3/c1-3-13(10-12-4-6-14(7-5-12)19(2,21)22)16(26)23-11-20(15-8-9-15)17(27)24-18(28)25-20/h4-7,13,15H,3,8-11H2,1-2H3,(H,23,26)(H2,24,25,27,28)/t13-,20+/m1/s1. The summed E-state index contributed by atoms with van der Waals surface area (Å²) in [5, 5.41) is 7.74. The summed E-state index contributed by atoms with van der Waals surface area (Å²) in [6.45, 7) is 2.77. The predicted molar refractivity (Wildman–Crippen MR) is 98.6 cm³/mol. The summed E-state index contributed by atoms with van der Waals surface area (Å²) in [5.41, 5.74) is -0.346. The van der Waals surface area contributed by atoms with Crippen LogP contribution in [0, 0.1) is 11.8 Å². The summed E-state index contributed by atoms with van der Waals surface area (Å²) in [6.07, 6.45) is 2.63. The molecule has 0 radical (unpaired) electrons. The number of amides is 4. The molecule has 1 aromatic rings. The van der Waals surface area contributed by atoms with Crippen LogP contribution in [-0.4, -0.2) is 29.9 Å². The quantitative estimate of drug-likeness (QED) is 0.593. The fourth-order valence-electron chi connectivity index (χ4n) is 3.65. The lowest BCUT2D eigenvalue weighted by molar-refractivity contribution is -0.127. The molecule has 4 amide bonds. The van der Waals surface area contributed by atoms with Crippen molar-refractivity contribution in [2.75, 3.05) is 6.54 Å². The van der Waals surface area contributed by atoms with E-state index in [1.807, 2.05) is 6.92 Å². The number of carbonyl (C=O) groups excluding carboxylic acids is 3. The van der Waals surface area contributed by atoms with Crippen LogP contribution in [0.1, 0.15) is 44.2 Å². The smallest absolute Gasteiger partial charge is 0.322 e. The van der Waals surface area contributed by atoms with Crippen LogP contribution in [0.4, 0.5) is 13.6 Å². The Labute approximate surface area is 162 Å². The van der Waals surface area contributed by atoms with Gasteiger partial charge in [0.2, 0.25) is 5.91 Å². The van der Waals surface area contributed by atoms with Crippen molar-refractivity contribution in [3.63, 3.8) is 0 Å². The lowest BCUT2D eigenvalue weighted by atomic mass is 9.91. The fourth-order valence-corrected chi connectivity index (χ4v) is 3.65. The number of nitrogens with one attached hydrogen (secondary N) is 3. The molecule has 2 aliphatic rings. The molecule has 1 saturated heterocycles. The van der Waals surface area contributed by atoms with Gasteiger partial charge in [-0.2, -0.15) is 0 Å². The van der Waals surface area contributed by atoms with Crippen molar-refractivity contribution in [2.45, 2.75) is 51.0 Å². The first-order valence-electron chi connectivity index (χ1n) is 9.54. The monoisotopic (exact) mass is 393 g/mol. The molecule has 1 saturated carbocycles. The number of hydrogen-bond acceptors (Lipinski definition) is 3. The summed E-state index contributed by atoms with van der Waals surface area (Å²) >= 11 is 0. The third-order valence-electron chi connectivity index (χ3n) is 5.59. The normalized spacial score (nSPS) is 23.1. The van der Waals surface area contributed by atoms with Crippen LogP contribution in [0.2, 0.25) is 0 Å². The van der Waals surface area contributed by atoms with Gasteiger partial charge in [-0.05, 0) is 37.2 Å². The van der Waals surface area contributed by atoms with Crippen LogP contribution in [0.5, 0.6) is 0 Å². The highest BCUT2D eigenvalue weighted by Gasteiger charge is 2.56. The molecule has 1 heterocycles. The third kappa shape index (κ3) is 4.15. The average Bonchev–Trinajstić information content (AvgIpc) is 3.43. The van der Waals surface area contributed by atoms with Gasteiger partial charge in [0.05, 0.1) is 6.54 Å². The highest BCUT2D eigenvalue weighted by molar-refractivity contribution is 6.07. The van der Waals surface area contributed by atoms with Crippen LogP contribution < -0.4 is 16.0 Å². The SMILES string of the molecule is CC[C@H](Cc1ccc(C(C)(F)F)cc1)C(=O)NC[C@@]1(C2CC2)NC(=O)NC1=O. The minimum absolute atomic E-state index is 0.0302. The van der Waals surface area contributed by atoms with E-state index in [0.29, 0.717) is 12.8 Å². The summed E-state index contributed by atoms with van der Waals surface area (Å²) in [7, 11) is 0. The zero-order chi connectivity index (χ0) is 20.5. The number of imide groups is 1. The Morgan fingerprint density at radius 1 is 1.29 bits per heavy atom. The first-order valence-corrected chi connectivity index (χ1v) is 9.54. The maximum atomic E-state index is 13.3. The van der Waals surface area contributed by atoms with Crippen molar-refractivity contribution in [3.05, 3.63) is 35.4 Å². The van der Waals surface area contributed by atoms with Gasteiger partial charge < -0.3 is 10.6 Å². The maximum Gasteiger partial charge on any atom is 0.322 e. The molecular formula is C20H25F2N3O3. The van der Waals surface area contributed by atoms with E-state index in [-0.39, 0.29) is 29.9 Å². The molecule has 1 aliphatic carbocycles. The Kier molecular flexibility index (Phi) is 5.41. The zero-order valence-electron chi connectivity index (χ0n) is 16.0. The van der Waals surface area contributed by atoms with Gasteiger partial charge in [-0.25, -0.2) is 13.6 Å². The Balaban J connectivity index is 1.62. The molecule has 3 N–H and O–H groups in total. The van der Waals surface area contributed by atoms with Crippen LogP contribution in [0.3, 0.4) is 0 Å². The Morgan fingerprint density at radius 3 is 2.39 bits per heavy atom. The van der Waals surface area contributed by atoms with Gasteiger partial charge in [-0.1, -0.05) is 31.2 Å².